The topological polar surface area (TPSA) is 20.2 Å². The van der Waals surface area contributed by atoms with E-state index in [-0.39, 0.29) is 0 Å². The molecule has 1 aromatic carbocycles. The standard InChI is InChI=1S/C14H20OSi/c1-11-7-6-8-13(12(11)2)14(15)9-10-16(3,4)5/h6-8,14-15H,1-5H3/t14-/m1/s1. The van der Waals surface area contributed by atoms with Crippen molar-refractivity contribution < 1.29 is 5.11 Å². The molecule has 0 unspecified atom stereocenters. The fourth-order valence-electron chi connectivity index (χ4n) is 1.43. The van der Waals surface area contributed by atoms with Crippen molar-refractivity contribution in [1.82, 2.24) is 0 Å². The minimum absolute atomic E-state index is 0.647. The van der Waals surface area contributed by atoms with E-state index in [1.807, 2.05) is 19.1 Å². The Hall–Kier alpha value is -1.04. The lowest BCUT2D eigenvalue weighted by Crippen LogP contribution is -2.17. The fraction of sp³-hybridized carbons (Fsp3) is 0.429. The molecule has 1 rings (SSSR count). The van der Waals surface area contributed by atoms with E-state index in [1.165, 1.54) is 5.56 Å². The summed E-state index contributed by atoms with van der Waals surface area (Å²) in [5.74, 6) is 2.97. The first-order valence-electron chi connectivity index (χ1n) is 5.58. The normalized spacial score (nSPS) is 12.9. The lowest BCUT2D eigenvalue weighted by Gasteiger charge is -2.11. The SMILES string of the molecule is Cc1cccc([C@H](O)C#C[Si](C)(C)C)c1C. The molecule has 0 amide bonds. The van der Waals surface area contributed by atoms with Crippen molar-refractivity contribution in [1.29, 1.82) is 0 Å². The minimum atomic E-state index is -1.40. The van der Waals surface area contributed by atoms with Gasteiger partial charge in [-0.05, 0) is 30.5 Å². The van der Waals surface area contributed by atoms with Crippen LogP contribution < -0.4 is 0 Å². The predicted octanol–water partition coefficient (Wildman–Crippen LogP) is 3.22. The van der Waals surface area contributed by atoms with E-state index in [1.54, 1.807) is 0 Å². The molecule has 1 atom stereocenters. The summed E-state index contributed by atoms with van der Waals surface area (Å²) < 4.78 is 0. The zero-order valence-electron chi connectivity index (χ0n) is 10.8. The molecule has 0 fully saturated rings. The molecule has 1 nitrogen and oxygen atoms in total. The predicted molar refractivity (Wildman–Crippen MR) is 72.0 cm³/mol. The van der Waals surface area contributed by atoms with Gasteiger partial charge < -0.3 is 5.11 Å². The van der Waals surface area contributed by atoms with Crippen LogP contribution in [-0.2, 0) is 0 Å². The van der Waals surface area contributed by atoms with Gasteiger partial charge in [-0.1, -0.05) is 43.8 Å². The minimum Gasteiger partial charge on any atom is -0.376 e. The van der Waals surface area contributed by atoms with Crippen LogP contribution in [0.25, 0.3) is 0 Å². The van der Waals surface area contributed by atoms with Crippen LogP contribution in [0.1, 0.15) is 22.8 Å². The maximum absolute atomic E-state index is 10.0. The number of aryl methyl sites for hydroxylation is 1. The van der Waals surface area contributed by atoms with Gasteiger partial charge in [-0.25, -0.2) is 0 Å². The van der Waals surface area contributed by atoms with Gasteiger partial charge in [-0.2, -0.15) is 0 Å². The summed E-state index contributed by atoms with van der Waals surface area (Å²) >= 11 is 0. The second kappa shape index (κ2) is 4.86. The highest BCUT2D eigenvalue weighted by Gasteiger charge is 2.11. The number of hydrogen-bond donors (Lipinski definition) is 1. The largest absolute Gasteiger partial charge is 0.376 e. The van der Waals surface area contributed by atoms with Crippen molar-refractivity contribution in [2.75, 3.05) is 0 Å². The second-order valence-electron chi connectivity index (χ2n) is 5.21. The number of hydrogen-bond acceptors (Lipinski definition) is 1. The maximum atomic E-state index is 10.0. The Balaban J connectivity index is 3.01. The van der Waals surface area contributed by atoms with E-state index in [0.29, 0.717) is 0 Å². The van der Waals surface area contributed by atoms with Gasteiger partial charge >= 0.3 is 0 Å². The molecule has 16 heavy (non-hydrogen) atoms. The van der Waals surface area contributed by atoms with Crippen LogP contribution in [0.15, 0.2) is 18.2 Å². The summed E-state index contributed by atoms with van der Waals surface area (Å²) in [5.41, 5.74) is 6.48. The van der Waals surface area contributed by atoms with Crippen molar-refractivity contribution in [3.8, 4) is 11.5 Å². The maximum Gasteiger partial charge on any atom is 0.139 e. The Morgan fingerprint density at radius 3 is 2.38 bits per heavy atom. The van der Waals surface area contributed by atoms with E-state index in [9.17, 15) is 5.11 Å². The number of aliphatic hydroxyl groups is 1. The van der Waals surface area contributed by atoms with Crippen molar-refractivity contribution in [2.24, 2.45) is 0 Å². The summed E-state index contributed by atoms with van der Waals surface area (Å²) in [7, 11) is -1.40. The first kappa shape index (κ1) is 13.0. The molecule has 0 aromatic heterocycles. The molecule has 0 saturated carbocycles. The van der Waals surface area contributed by atoms with Gasteiger partial charge in [-0.15, -0.1) is 5.54 Å². The van der Waals surface area contributed by atoms with Crippen molar-refractivity contribution in [3.05, 3.63) is 34.9 Å². The molecular weight excluding hydrogens is 212 g/mol. The summed E-state index contributed by atoms with van der Waals surface area (Å²) in [6, 6.07) is 5.97. The Bertz CT molecular complexity index is 432. The summed E-state index contributed by atoms with van der Waals surface area (Å²) in [4.78, 5) is 0. The molecule has 1 aromatic rings. The van der Waals surface area contributed by atoms with Crippen molar-refractivity contribution in [3.63, 3.8) is 0 Å². The van der Waals surface area contributed by atoms with Gasteiger partial charge in [0.05, 0.1) is 0 Å². The van der Waals surface area contributed by atoms with Crippen LogP contribution in [0, 0.1) is 25.3 Å². The molecule has 86 valence electrons. The Kier molecular flexibility index (Phi) is 3.96. The average molecular weight is 232 g/mol. The zero-order chi connectivity index (χ0) is 12.3. The average Bonchev–Trinajstić information content (AvgIpc) is 2.17. The molecule has 0 radical (unpaired) electrons. The third-order valence-corrected chi connectivity index (χ3v) is 3.42. The van der Waals surface area contributed by atoms with Crippen LogP contribution in [-0.4, -0.2) is 13.2 Å². The highest BCUT2D eigenvalue weighted by atomic mass is 28.3. The van der Waals surface area contributed by atoms with Gasteiger partial charge in [0.2, 0.25) is 0 Å². The molecule has 0 saturated heterocycles. The molecular formula is C14H20OSi. The monoisotopic (exact) mass is 232 g/mol. The van der Waals surface area contributed by atoms with Gasteiger partial charge in [0.25, 0.3) is 0 Å². The lowest BCUT2D eigenvalue weighted by molar-refractivity contribution is 0.237. The summed E-state index contributed by atoms with van der Waals surface area (Å²) in [5, 5.41) is 10.0. The Morgan fingerprint density at radius 2 is 1.81 bits per heavy atom. The molecule has 0 aliphatic heterocycles. The fourth-order valence-corrected chi connectivity index (χ4v) is 2.00. The quantitative estimate of drug-likeness (QED) is 0.582. The van der Waals surface area contributed by atoms with Crippen LogP contribution in [0.5, 0.6) is 0 Å². The molecule has 0 heterocycles. The third-order valence-electron chi connectivity index (χ3n) is 2.53. The zero-order valence-corrected chi connectivity index (χ0v) is 11.8. The Morgan fingerprint density at radius 1 is 1.19 bits per heavy atom. The molecule has 0 spiro atoms. The van der Waals surface area contributed by atoms with Gasteiger partial charge in [0.15, 0.2) is 0 Å². The van der Waals surface area contributed by atoms with E-state index in [2.05, 4.69) is 44.1 Å². The molecule has 2 heteroatoms. The van der Waals surface area contributed by atoms with Gasteiger partial charge in [0.1, 0.15) is 14.2 Å². The molecule has 0 bridgehead atoms. The first-order valence-corrected chi connectivity index (χ1v) is 9.08. The molecule has 0 aliphatic rings. The first-order chi connectivity index (χ1) is 7.31. The molecule has 1 N–H and O–H groups in total. The van der Waals surface area contributed by atoms with E-state index in [0.717, 1.165) is 11.1 Å². The van der Waals surface area contributed by atoms with Crippen LogP contribution in [0.4, 0.5) is 0 Å². The van der Waals surface area contributed by atoms with Crippen molar-refractivity contribution >= 4 is 8.07 Å². The Labute approximate surface area is 99.5 Å². The number of rotatable bonds is 1. The van der Waals surface area contributed by atoms with Crippen molar-refractivity contribution in [2.45, 2.75) is 39.6 Å². The smallest absolute Gasteiger partial charge is 0.139 e. The third kappa shape index (κ3) is 3.51. The number of aliphatic hydroxyl groups excluding tert-OH is 1. The van der Waals surface area contributed by atoms with Crippen LogP contribution in [0.3, 0.4) is 0 Å². The lowest BCUT2D eigenvalue weighted by atomic mass is 10.00. The van der Waals surface area contributed by atoms with Crippen LogP contribution in [0.2, 0.25) is 19.6 Å². The highest BCUT2D eigenvalue weighted by Crippen LogP contribution is 2.19. The van der Waals surface area contributed by atoms with Gasteiger partial charge in [0, 0.05) is 0 Å². The van der Waals surface area contributed by atoms with Crippen LogP contribution >= 0.6 is 0 Å². The van der Waals surface area contributed by atoms with E-state index < -0.39 is 14.2 Å². The summed E-state index contributed by atoms with van der Waals surface area (Å²) in [6.07, 6.45) is -0.647. The second-order valence-corrected chi connectivity index (χ2v) is 9.96. The highest BCUT2D eigenvalue weighted by molar-refractivity contribution is 6.83. The van der Waals surface area contributed by atoms with Gasteiger partial charge in [-0.3, -0.25) is 0 Å². The van der Waals surface area contributed by atoms with E-state index >= 15 is 0 Å². The number of benzene rings is 1. The van der Waals surface area contributed by atoms with E-state index in [4.69, 9.17) is 0 Å². The molecule has 0 aliphatic carbocycles. The summed E-state index contributed by atoms with van der Waals surface area (Å²) in [6.45, 7) is 10.6.